The number of amides is 2. The summed E-state index contributed by atoms with van der Waals surface area (Å²) in [4.78, 5) is 28.7. The van der Waals surface area contributed by atoms with Crippen molar-refractivity contribution in [2.45, 2.75) is 59.0 Å². The van der Waals surface area contributed by atoms with Crippen LogP contribution in [0.25, 0.3) is 0 Å². The van der Waals surface area contributed by atoms with Gasteiger partial charge < -0.3 is 15.0 Å². The normalized spacial score (nSPS) is 12.2. The maximum Gasteiger partial charge on any atom is 0.261 e. The van der Waals surface area contributed by atoms with Crippen LogP contribution in [0.2, 0.25) is 0 Å². The predicted octanol–water partition coefficient (Wildman–Crippen LogP) is 5.78. The fourth-order valence-corrected chi connectivity index (χ4v) is 4.04. The van der Waals surface area contributed by atoms with E-state index in [1.807, 2.05) is 84.9 Å². The van der Waals surface area contributed by atoms with Crippen molar-refractivity contribution in [3.63, 3.8) is 0 Å². The largest absolute Gasteiger partial charge is 0.484 e. The second-order valence-electron chi connectivity index (χ2n) is 10.9. The zero-order chi connectivity index (χ0) is 26.8. The Bertz CT molecular complexity index is 1120. The van der Waals surface area contributed by atoms with E-state index < -0.39 is 6.04 Å². The standard InChI is InChI=1S/C32H40N2O3/c1-24(2)21-33-31(36)29(20-25-12-8-6-9-13-25)34(22-26-14-10-7-11-15-26)30(35)23-37-28-18-16-27(17-19-28)32(3,4)5/h6-19,24,29H,20-23H2,1-5H3,(H,33,36)/t29-/m0/s1. The van der Waals surface area contributed by atoms with Gasteiger partial charge in [-0.05, 0) is 40.2 Å². The molecule has 0 fully saturated rings. The molecular formula is C32H40N2O3. The second-order valence-corrected chi connectivity index (χ2v) is 10.9. The Morgan fingerprint density at radius 1 is 0.838 bits per heavy atom. The molecule has 3 rings (SSSR count). The highest BCUT2D eigenvalue weighted by Gasteiger charge is 2.30. The number of nitrogens with one attached hydrogen (secondary N) is 1. The molecule has 0 aliphatic rings. The van der Waals surface area contributed by atoms with Crippen LogP contribution < -0.4 is 10.1 Å². The van der Waals surface area contributed by atoms with E-state index in [4.69, 9.17) is 4.74 Å². The smallest absolute Gasteiger partial charge is 0.261 e. The Kier molecular flexibility index (Phi) is 9.90. The van der Waals surface area contributed by atoms with Crippen molar-refractivity contribution >= 4 is 11.8 Å². The van der Waals surface area contributed by atoms with Gasteiger partial charge >= 0.3 is 0 Å². The summed E-state index contributed by atoms with van der Waals surface area (Å²) in [7, 11) is 0. The molecule has 0 saturated carbocycles. The minimum atomic E-state index is -0.666. The maximum absolute atomic E-state index is 13.6. The van der Waals surface area contributed by atoms with Crippen molar-refractivity contribution in [3.05, 3.63) is 102 Å². The molecule has 0 aliphatic carbocycles. The molecule has 1 N–H and O–H groups in total. The van der Waals surface area contributed by atoms with Crippen LogP contribution in [0.1, 0.15) is 51.3 Å². The predicted molar refractivity (Wildman–Crippen MR) is 149 cm³/mol. The van der Waals surface area contributed by atoms with Gasteiger partial charge in [0.05, 0.1) is 0 Å². The van der Waals surface area contributed by atoms with E-state index in [1.54, 1.807) is 4.90 Å². The van der Waals surface area contributed by atoms with Crippen LogP contribution in [-0.4, -0.2) is 35.9 Å². The molecule has 3 aromatic rings. The molecule has 0 aromatic heterocycles. The monoisotopic (exact) mass is 500 g/mol. The van der Waals surface area contributed by atoms with E-state index in [0.717, 1.165) is 11.1 Å². The molecule has 2 amide bonds. The molecule has 5 heteroatoms. The minimum absolute atomic E-state index is 0.0365. The lowest BCUT2D eigenvalue weighted by molar-refractivity contribution is -0.142. The number of nitrogens with zero attached hydrogens (tertiary/aromatic N) is 1. The summed E-state index contributed by atoms with van der Waals surface area (Å²) in [6.07, 6.45) is 0.420. The van der Waals surface area contributed by atoms with Gasteiger partial charge in [-0.15, -0.1) is 0 Å². The number of ether oxygens (including phenoxy) is 1. The molecule has 0 unspecified atom stereocenters. The summed E-state index contributed by atoms with van der Waals surface area (Å²) in [6, 6.07) is 26.8. The number of rotatable bonds is 11. The first-order chi connectivity index (χ1) is 17.6. The Morgan fingerprint density at radius 2 is 1.41 bits per heavy atom. The SMILES string of the molecule is CC(C)CNC(=O)[C@H](Cc1ccccc1)N(Cc1ccccc1)C(=O)COc1ccc(C(C)(C)C)cc1. The van der Waals surface area contributed by atoms with Gasteiger partial charge in [-0.1, -0.05) is 107 Å². The number of carbonyl (C=O) groups excluding carboxylic acids is 2. The molecule has 0 heterocycles. The van der Waals surface area contributed by atoms with Gasteiger partial charge in [0.2, 0.25) is 5.91 Å². The lowest BCUT2D eigenvalue weighted by atomic mass is 9.87. The van der Waals surface area contributed by atoms with E-state index in [0.29, 0.717) is 31.2 Å². The topological polar surface area (TPSA) is 58.6 Å². The average molecular weight is 501 g/mol. The molecule has 37 heavy (non-hydrogen) atoms. The first kappa shape index (κ1) is 28.0. The number of hydrogen-bond donors (Lipinski definition) is 1. The van der Waals surface area contributed by atoms with Crippen LogP contribution in [0.3, 0.4) is 0 Å². The molecule has 1 atom stereocenters. The van der Waals surface area contributed by atoms with Gasteiger partial charge in [0.15, 0.2) is 6.61 Å². The number of carbonyl (C=O) groups is 2. The first-order valence-corrected chi connectivity index (χ1v) is 13.0. The third kappa shape index (κ3) is 8.78. The van der Waals surface area contributed by atoms with E-state index in [1.165, 1.54) is 5.56 Å². The highest BCUT2D eigenvalue weighted by atomic mass is 16.5. The van der Waals surface area contributed by atoms with Gasteiger partial charge in [-0.3, -0.25) is 9.59 Å². The van der Waals surface area contributed by atoms with Crippen LogP contribution in [-0.2, 0) is 28.0 Å². The molecule has 5 nitrogen and oxygen atoms in total. The Labute approximate surface area is 221 Å². The van der Waals surface area contributed by atoms with Crippen LogP contribution in [0.15, 0.2) is 84.9 Å². The van der Waals surface area contributed by atoms with Gasteiger partial charge in [0.1, 0.15) is 11.8 Å². The molecule has 0 radical (unpaired) electrons. The van der Waals surface area contributed by atoms with Crippen LogP contribution in [0.4, 0.5) is 0 Å². The lowest BCUT2D eigenvalue weighted by Gasteiger charge is -2.31. The quantitative estimate of drug-likeness (QED) is 0.363. The van der Waals surface area contributed by atoms with Crippen LogP contribution in [0, 0.1) is 5.92 Å². The summed E-state index contributed by atoms with van der Waals surface area (Å²) >= 11 is 0. The molecule has 0 aliphatic heterocycles. The molecule has 0 bridgehead atoms. The fourth-order valence-electron chi connectivity index (χ4n) is 4.04. The third-order valence-corrected chi connectivity index (χ3v) is 6.23. The first-order valence-electron chi connectivity index (χ1n) is 13.0. The maximum atomic E-state index is 13.6. The van der Waals surface area contributed by atoms with Gasteiger partial charge in [-0.25, -0.2) is 0 Å². The van der Waals surface area contributed by atoms with Gasteiger partial charge in [0.25, 0.3) is 5.91 Å². The average Bonchev–Trinajstić information content (AvgIpc) is 2.88. The zero-order valence-electron chi connectivity index (χ0n) is 22.7. The summed E-state index contributed by atoms with van der Waals surface area (Å²) < 4.78 is 5.91. The summed E-state index contributed by atoms with van der Waals surface area (Å²) in [5, 5.41) is 3.04. The molecule has 0 spiro atoms. The van der Waals surface area contributed by atoms with Crippen molar-refractivity contribution in [2.75, 3.05) is 13.2 Å². The summed E-state index contributed by atoms with van der Waals surface area (Å²) in [5.74, 6) is 0.546. The third-order valence-electron chi connectivity index (χ3n) is 6.23. The van der Waals surface area contributed by atoms with Crippen molar-refractivity contribution in [3.8, 4) is 5.75 Å². The zero-order valence-corrected chi connectivity index (χ0v) is 22.7. The highest BCUT2D eigenvalue weighted by molar-refractivity contribution is 5.88. The van der Waals surface area contributed by atoms with Crippen molar-refractivity contribution in [1.29, 1.82) is 0 Å². The molecule has 3 aromatic carbocycles. The number of benzene rings is 3. The fraction of sp³-hybridized carbons (Fsp3) is 0.375. The van der Waals surface area contributed by atoms with E-state index in [-0.39, 0.29) is 23.8 Å². The Hall–Kier alpha value is -3.60. The van der Waals surface area contributed by atoms with Crippen LogP contribution >= 0.6 is 0 Å². The molecule has 0 saturated heterocycles. The van der Waals surface area contributed by atoms with Crippen molar-refractivity contribution < 1.29 is 14.3 Å². The summed E-state index contributed by atoms with van der Waals surface area (Å²) in [5.41, 5.74) is 3.19. The second kappa shape index (κ2) is 13.1. The molecule has 196 valence electrons. The van der Waals surface area contributed by atoms with E-state index in [9.17, 15) is 9.59 Å². The Balaban J connectivity index is 1.85. The highest BCUT2D eigenvalue weighted by Crippen LogP contribution is 2.24. The lowest BCUT2D eigenvalue weighted by Crippen LogP contribution is -2.52. The van der Waals surface area contributed by atoms with E-state index in [2.05, 4.69) is 39.9 Å². The van der Waals surface area contributed by atoms with Gasteiger partial charge in [0, 0.05) is 19.5 Å². The van der Waals surface area contributed by atoms with Crippen molar-refractivity contribution in [1.82, 2.24) is 10.2 Å². The minimum Gasteiger partial charge on any atom is -0.484 e. The summed E-state index contributed by atoms with van der Waals surface area (Å²) in [6.45, 7) is 11.3. The van der Waals surface area contributed by atoms with Gasteiger partial charge in [-0.2, -0.15) is 0 Å². The molecular weight excluding hydrogens is 460 g/mol. The number of hydrogen-bond acceptors (Lipinski definition) is 3. The Morgan fingerprint density at radius 3 is 1.95 bits per heavy atom. The van der Waals surface area contributed by atoms with Crippen molar-refractivity contribution in [2.24, 2.45) is 5.92 Å². The van der Waals surface area contributed by atoms with Crippen LogP contribution in [0.5, 0.6) is 5.75 Å². The van der Waals surface area contributed by atoms with E-state index >= 15 is 0 Å².